The first-order valence-corrected chi connectivity index (χ1v) is 27.3. The number of rotatable bonds is 8. The Balaban J connectivity index is 0.757. The summed E-state index contributed by atoms with van der Waals surface area (Å²) < 4.78 is 11.6. The second-order valence-electron chi connectivity index (χ2n) is 21.7. The zero-order valence-electron chi connectivity index (χ0n) is 43.7. The van der Waals surface area contributed by atoms with Crippen LogP contribution in [0.1, 0.15) is 25.0 Å². The standard InChI is InChI=1S/C75H51N3O/c1-75(2)66-45-52(53-35-41-62-60-20-9-12-24-68(60)78(72(62)46-53)55-18-7-4-8-19-55)34-40-58(66)59-42-39-57(47-67(59)75)76(71-26-15-23-64-63-22-11-14-27-73(63)79-74(64)71)56-37-32-49(33-38-56)48-28-30-50(31-29-48)51-36-43-70-65(44-51)61-21-10-13-25-69(61)77(70)54-16-5-3-6-17-54/h3-47H,1-2H3. The zero-order valence-corrected chi connectivity index (χ0v) is 43.7. The van der Waals surface area contributed by atoms with E-state index >= 15 is 0 Å². The molecule has 0 N–H and O–H groups in total. The fourth-order valence-corrected chi connectivity index (χ4v) is 13.1. The van der Waals surface area contributed by atoms with Crippen molar-refractivity contribution in [3.63, 3.8) is 0 Å². The Morgan fingerprint density at radius 3 is 1.49 bits per heavy atom. The summed E-state index contributed by atoms with van der Waals surface area (Å²) in [6.07, 6.45) is 0. The summed E-state index contributed by atoms with van der Waals surface area (Å²) in [6, 6.07) is 99.8. The fourth-order valence-electron chi connectivity index (χ4n) is 13.1. The molecule has 0 amide bonds. The van der Waals surface area contributed by atoms with E-state index in [-0.39, 0.29) is 5.41 Å². The molecule has 1 aliphatic rings. The van der Waals surface area contributed by atoms with Crippen molar-refractivity contribution in [2.75, 3.05) is 4.90 Å². The van der Waals surface area contributed by atoms with Gasteiger partial charge in [0.2, 0.25) is 0 Å². The molecule has 3 heterocycles. The van der Waals surface area contributed by atoms with Crippen LogP contribution >= 0.6 is 0 Å². The van der Waals surface area contributed by atoms with Crippen LogP contribution < -0.4 is 4.90 Å². The van der Waals surface area contributed by atoms with Gasteiger partial charge in [-0.3, -0.25) is 0 Å². The first-order chi connectivity index (χ1) is 38.9. The number of nitrogens with zero attached hydrogens (tertiary/aromatic N) is 3. The van der Waals surface area contributed by atoms with Crippen LogP contribution in [0.2, 0.25) is 0 Å². The number of hydrogen-bond donors (Lipinski definition) is 0. The minimum absolute atomic E-state index is 0.278. The van der Waals surface area contributed by atoms with Gasteiger partial charge in [0.25, 0.3) is 0 Å². The van der Waals surface area contributed by atoms with E-state index in [1.165, 1.54) is 88.1 Å². The van der Waals surface area contributed by atoms with E-state index in [0.717, 1.165) is 61.5 Å². The number of anilines is 3. The molecular weight excluding hydrogens is 959 g/mol. The highest BCUT2D eigenvalue weighted by molar-refractivity contribution is 6.13. The molecule has 1 aliphatic carbocycles. The van der Waals surface area contributed by atoms with Crippen molar-refractivity contribution in [2.24, 2.45) is 0 Å². The molecule has 0 aliphatic heterocycles. The minimum atomic E-state index is -0.278. The van der Waals surface area contributed by atoms with Gasteiger partial charge in [-0.05, 0) is 153 Å². The van der Waals surface area contributed by atoms with Crippen molar-refractivity contribution in [1.29, 1.82) is 0 Å². The lowest BCUT2D eigenvalue weighted by atomic mass is 9.81. The number of benzene rings is 12. The summed E-state index contributed by atoms with van der Waals surface area (Å²) in [5.41, 5.74) is 24.1. The summed E-state index contributed by atoms with van der Waals surface area (Å²) in [7, 11) is 0. The van der Waals surface area contributed by atoms with Crippen LogP contribution in [0.5, 0.6) is 0 Å². The zero-order chi connectivity index (χ0) is 52.3. The van der Waals surface area contributed by atoms with Crippen molar-refractivity contribution in [1.82, 2.24) is 9.13 Å². The van der Waals surface area contributed by atoms with Gasteiger partial charge in [-0.25, -0.2) is 0 Å². The lowest BCUT2D eigenvalue weighted by Crippen LogP contribution is -2.16. The number of fused-ring (bicyclic) bond motifs is 12. The molecule has 0 radical (unpaired) electrons. The van der Waals surface area contributed by atoms with Crippen LogP contribution in [0, 0.1) is 0 Å². The maximum Gasteiger partial charge on any atom is 0.159 e. The molecule has 0 saturated carbocycles. The average molecular weight is 1010 g/mol. The largest absolute Gasteiger partial charge is 0.454 e. The Morgan fingerprint density at radius 1 is 0.316 bits per heavy atom. The molecule has 15 aromatic rings. The van der Waals surface area contributed by atoms with Crippen LogP contribution in [0.4, 0.5) is 17.1 Å². The molecule has 0 bridgehead atoms. The third-order valence-corrected chi connectivity index (χ3v) is 16.9. The number of para-hydroxylation sites is 6. The maximum absolute atomic E-state index is 6.79. The predicted octanol–water partition coefficient (Wildman–Crippen LogP) is 20.6. The normalized spacial score (nSPS) is 12.8. The van der Waals surface area contributed by atoms with Crippen molar-refractivity contribution in [2.45, 2.75) is 19.3 Å². The van der Waals surface area contributed by atoms with Crippen molar-refractivity contribution in [3.8, 4) is 55.9 Å². The van der Waals surface area contributed by atoms with Crippen LogP contribution in [0.15, 0.2) is 277 Å². The van der Waals surface area contributed by atoms with Gasteiger partial charge in [-0.15, -0.1) is 0 Å². The number of aromatic nitrogens is 2. The van der Waals surface area contributed by atoms with E-state index in [1.807, 2.05) is 6.07 Å². The first kappa shape index (κ1) is 45.1. The second-order valence-corrected chi connectivity index (χ2v) is 21.7. The molecule has 79 heavy (non-hydrogen) atoms. The van der Waals surface area contributed by atoms with Crippen LogP contribution in [-0.4, -0.2) is 9.13 Å². The van der Waals surface area contributed by atoms with Gasteiger partial charge in [0.05, 0.1) is 27.8 Å². The fraction of sp³-hybridized carbons (Fsp3) is 0.0400. The third kappa shape index (κ3) is 7.01. The van der Waals surface area contributed by atoms with Gasteiger partial charge in [-0.1, -0.05) is 190 Å². The molecule has 0 spiro atoms. The predicted molar refractivity (Wildman–Crippen MR) is 331 cm³/mol. The minimum Gasteiger partial charge on any atom is -0.454 e. The number of hydrogen-bond acceptors (Lipinski definition) is 2. The summed E-state index contributed by atoms with van der Waals surface area (Å²) in [6.45, 7) is 4.77. The summed E-state index contributed by atoms with van der Waals surface area (Å²) in [5.74, 6) is 0. The SMILES string of the molecule is CC1(C)c2cc(-c3ccc4c5ccccc5n(-c5ccccc5)c4c3)ccc2-c2ccc(N(c3ccc(-c4ccc(-c5ccc6c(c5)c5ccccc5n6-c5ccccc5)cc4)cc3)c3cccc4c3oc3ccccc34)cc21. The highest BCUT2D eigenvalue weighted by Gasteiger charge is 2.37. The topological polar surface area (TPSA) is 26.2 Å². The first-order valence-electron chi connectivity index (χ1n) is 27.3. The van der Waals surface area contributed by atoms with Gasteiger partial charge >= 0.3 is 0 Å². The molecule has 0 fully saturated rings. The smallest absolute Gasteiger partial charge is 0.159 e. The van der Waals surface area contributed by atoms with Crippen LogP contribution in [-0.2, 0) is 5.41 Å². The van der Waals surface area contributed by atoms with Gasteiger partial charge in [0, 0.05) is 60.5 Å². The lowest BCUT2D eigenvalue weighted by Gasteiger charge is -2.28. The highest BCUT2D eigenvalue weighted by Crippen LogP contribution is 2.53. The summed E-state index contributed by atoms with van der Waals surface area (Å²) >= 11 is 0. The van der Waals surface area contributed by atoms with Crippen molar-refractivity contribution >= 4 is 82.6 Å². The second kappa shape index (κ2) is 17.4. The Bertz CT molecular complexity index is 4900. The molecule has 12 aromatic carbocycles. The Labute approximate surface area is 457 Å². The number of furan rings is 1. The quantitative estimate of drug-likeness (QED) is 0.152. The molecular formula is C75H51N3O. The van der Waals surface area contributed by atoms with Crippen LogP contribution in [0.25, 0.3) is 121 Å². The average Bonchev–Trinajstić information content (AvgIpc) is 4.44. The Kier molecular flexibility index (Phi) is 9.95. The summed E-state index contributed by atoms with van der Waals surface area (Å²) in [4.78, 5) is 2.38. The lowest BCUT2D eigenvalue weighted by molar-refractivity contribution is 0.660. The van der Waals surface area contributed by atoms with Gasteiger partial charge < -0.3 is 18.5 Å². The Morgan fingerprint density at radius 2 is 0.785 bits per heavy atom. The van der Waals surface area contributed by atoms with E-state index in [1.54, 1.807) is 0 Å². The Hall–Kier alpha value is -10.2. The van der Waals surface area contributed by atoms with E-state index in [4.69, 9.17) is 4.42 Å². The van der Waals surface area contributed by atoms with Gasteiger partial charge in [0.15, 0.2) is 5.58 Å². The van der Waals surface area contributed by atoms with E-state index < -0.39 is 0 Å². The van der Waals surface area contributed by atoms with Crippen LogP contribution in [0.3, 0.4) is 0 Å². The molecule has 0 atom stereocenters. The van der Waals surface area contributed by atoms with Gasteiger partial charge in [-0.2, -0.15) is 0 Å². The van der Waals surface area contributed by atoms with Gasteiger partial charge in [0.1, 0.15) is 5.58 Å². The summed E-state index contributed by atoms with van der Waals surface area (Å²) in [5, 5.41) is 7.22. The maximum atomic E-state index is 6.79. The molecule has 16 rings (SSSR count). The molecule has 4 nitrogen and oxygen atoms in total. The molecule has 372 valence electrons. The molecule has 0 unspecified atom stereocenters. The monoisotopic (exact) mass is 1010 g/mol. The molecule has 4 heteroatoms. The molecule has 3 aromatic heterocycles. The van der Waals surface area contributed by atoms with E-state index in [2.05, 4.69) is 295 Å². The van der Waals surface area contributed by atoms with Crippen molar-refractivity contribution in [3.05, 3.63) is 284 Å². The van der Waals surface area contributed by atoms with E-state index in [9.17, 15) is 0 Å². The molecule has 0 saturated heterocycles. The third-order valence-electron chi connectivity index (χ3n) is 16.9. The van der Waals surface area contributed by atoms with E-state index in [0.29, 0.717) is 0 Å². The highest BCUT2D eigenvalue weighted by atomic mass is 16.3. The van der Waals surface area contributed by atoms with Crippen molar-refractivity contribution < 1.29 is 4.42 Å².